The van der Waals surface area contributed by atoms with E-state index < -0.39 is 11.9 Å². The average molecular weight is 471 g/mol. The van der Waals surface area contributed by atoms with Gasteiger partial charge in [-0.3, -0.25) is 4.79 Å². The number of nitrogens with one attached hydrogen (secondary N) is 1. The molecule has 11 heteroatoms. The third-order valence-corrected chi connectivity index (χ3v) is 5.72. The number of aromatic nitrogens is 5. The van der Waals surface area contributed by atoms with Crippen LogP contribution in [0.15, 0.2) is 42.7 Å². The highest BCUT2D eigenvalue weighted by atomic mass is 19.4. The molecule has 1 saturated heterocycles. The fourth-order valence-electron chi connectivity index (χ4n) is 3.94. The molecule has 0 spiro atoms. The number of aryl methyl sites for hydroxylation is 1. The summed E-state index contributed by atoms with van der Waals surface area (Å²) in [7, 11) is 0. The van der Waals surface area contributed by atoms with Gasteiger partial charge in [-0.15, -0.1) is 10.2 Å². The number of carbonyl (C=O) groups is 1. The fourth-order valence-corrected chi connectivity index (χ4v) is 3.94. The van der Waals surface area contributed by atoms with E-state index in [0.717, 1.165) is 18.9 Å². The second-order valence-electron chi connectivity index (χ2n) is 8.40. The molecule has 4 heterocycles. The van der Waals surface area contributed by atoms with Crippen LogP contribution >= 0.6 is 0 Å². The highest BCUT2D eigenvalue weighted by Crippen LogP contribution is 2.28. The lowest BCUT2D eigenvalue weighted by Gasteiger charge is -2.39. The fraction of sp³-hybridized carbons (Fsp3) is 0.391. The van der Waals surface area contributed by atoms with E-state index >= 15 is 0 Å². The van der Waals surface area contributed by atoms with E-state index in [1.54, 1.807) is 29.4 Å². The van der Waals surface area contributed by atoms with Crippen molar-refractivity contribution in [1.82, 2.24) is 30.0 Å². The Balaban J connectivity index is 1.56. The molecule has 1 N–H and O–H groups in total. The van der Waals surface area contributed by atoms with Crippen LogP contribution in [-0.4, -0.2) is 55.1 Å². The Morgan fingerprint density at radius 2 is 1.88 bits per heavy atom. The summed E-state index contributed by atoms with van der Waals surface area (Å²) in [5.41, 5.74) is 0.472. The second-order valence-corrected chi connectivity index (χ2v) is 8.40. The average Bonchev–Trinajstić information content (AvgIpc) is 2.83. The van der Waals surface area contributed by atoms with Crippen molar-refractivity contribution in [3.8, 4) is 11.4 Å². The first kappa shape index (κ1) is 23.5. The molecule has 3 aromatic heterocycles. The third-order valence-electron chi connectivity index (χ3n) is 5.72. The molecule has 1 aliphatic rings. The number of pyridine rings is 1. The number of piperidine rings is 1. The van der Waals surface area contributed by atoms with Crippen molar-refractivity contribution in [2.45, 2.75) is 38.9 Å². The molecule has 4 rings (SSSR count). The van der Waals surface area contributed by atoms with Crippen LogP contribution in [0, 0.1) is 12.8 Å². The van der Waals surface area contributed by atoms with Crippen molar-refractivity contribution in [3.05, 3.63) is 59.8 Å². The summed E-state index contributed by atoms with van der Waals surface area (Å²) in [5.74, 6) is 0.694. The number of likely N-dealkylation sites (tertiary alicyclic amines) is 1. The van der Waals surface area contributed by atoms with Gasteiger partial charge in [0.2, 0.25) is 0 Å². The van der Waals surface area contributed by atoms with Gasteiger partial charge < -0.3 is 10.2 Å². The topological polar surface area (TPSA) is 96.8 Å². The SMILES string of the molecule is Cc1ccc(-c2ncccn2)c(C(=O)N2C[C@@H](C)CC[C@H]2CNc2ccc(C(F)(F)F)nn2)n1. The highest BCUT2D eigenvalue weighted by Gasteiger charge is 2.34. The molecule has 2 atom stereocenters. The predicted octanol–water partition coefficient (Wildman–Crippen LogP) is 4.01. The van der Waals surface area contributed by atoms with Gasteiger partial charge in [-0.25, -0.2) is 15.0 Å². The van der Waals surface area contributed by atoms with E-state index in [1.165, 1.54) is 6.07 Å². The molecular weight excluding hydrogens is 447 g/mol. The van der Waals surface area contributed by atoms with Gasteiger partial charge in [-0.1, -0.05) is 6.92 Å². The van der Waals surface area contributed by atoms with Crippen LogP contribution in [0.5, 0.6) is 0 Å². The molecule has 0 aromatic carbocycles. The maximum Gasteiger partial charge on any atom is 0.435 e. The molecule has 0 unspecified atom stereocenters. The molecule has 8 nitrogen and oxygen atoms in total. The minimum absolute atomic E-state index is 0.195. The lowest BCUT2D eigenvalue weighted by Crippen LogP contribution is -2.49. The maximum atomic E-state index is 13.7. The van der Waals surface area contributed by atoms with E-state index in [2.05, 4.69) is 37.4 Å². The zero-order valence-electron chi connectivity index (χ0n) is 18.8. The summed E-state index contributed by atoms with van der Waals surface area (Å²) in [5, 5.41) is 9.89. The minimum Gasteiger partial charge on any atom is -0.367 e. The van der Waals surface area contributed by atoms with E-state index in [1.807, 2.05) is 13.0 Å². The first-order chi connectivity index (χ1) is 16.2. The first-order valence-electron chi connectivity index (χ1n) is 10.9. The van der Waals surface area contributed by atoms with Crippen molar-refractivity contribution in [2.24, 2.45) is 5.92 Å². The van der Waals surface area contributed by atoms with Crippen molar-refractivity contribution < 1.29 is 18.0 Å². The van der Waals surface area contributed by atoms with Gasteiger partial charge in [0.05, 0.1) is 5.56 Å². The van der Waals surface area contributed by atoms with Crippen LogP contribution in [0.4, 0.5) is 19.0 Å². The molecule has 0 radical (unpaired) electrons. The monoisotopic (exact) mass is 471 g/mol. The van der Waals surface area contributed by atoms with Gasteiger partial charge in [-0.2, -0.15) is 13.2 Å². The molecule has 0 bridgehead atoms. The van der Waals surface area contributed by atoms with E-state index in [4.69, 9.17) is 0 Å². The second kappa shape index (κ2) is 9.70. The maximum absolute atomic E-state index is 13.7. The van der Waals surface area contributed by atoms with Gasteiger partial charge in [0.25, 0.3) is 5.91 Å². The standard InChI is InChI=1S/C23H24F3N7O/c1-14-4-6-16(12-29-19-9-8-18(31-32-19)23(24,25)26)33(13-14)22(34)20-17(7-5-15(2)30-20)21-27-10-3-11-28-21/h3,5,7-11,14,16H,4,6,12-13H2,1-2H3,(H,29,32)/t14-,16-/m0/s1. The van der Waals surface area contributed by atoms with E-state index in [0.29, 0.717) is 36.1 Å². The van der Waals surface area contributed by atoms with Gasteiger partial charge in [0.15, 0.2) is 11.5 Å². The van der Waals surface area contributed by atoms with Gasteiger partial charge in [0, 0.05) is 37.2 Å². The van der Waals surface area contributed by atoms with Gasteiger partial charge in [-0.05, 0) is 56.0 Å². The number of hydrogen-bond acceptors (Lipinski definition) is 7. The zero-order chi connectivity index (χ0) is 24.3. The third kappa shape index (κ3) is 5.29. The number of amides is 1. The molecule has 0 aliphatic carbocycles. The Labute approximate surface area is 194 Å². The van der Waals surface area contributed by atoms with E-state index in [9.17, 15) is 18.0 Å². The molecule has 0 saturated carbocycles. The Bertz CT molecular complexity index is 1140. The Hall–Kier alpha value is -3.63. The van der Waals surface area contributed by atoms with Crippen molar-refractivity contribution in [3.63, 3.8) is 0 Å². The van der Waals surface area contributed by atoms with E-state index in [-0.39, 0.29) is 23.5 Å². The molecule has 3 aromatic rings. The molecule has 1 aliphatic heterocycles. The molecule has 1 amide bonds. The molecular formula is C23H24F3N7O. The van der Waals surface area contributed by atoms with Crippen molar-refractivity contribution >= 4 is 11.7 Å². The number of anilines is 1. The summed E-state index contributed by atoms with van der Waals surface area (Å²) in [6.07, 6.45) is 0.325. The van der Waals surface area contributed by atoms with Crippen LogP contribution in [0.3, 0.4) is 0 Å². The molecule has 178 valence electrons. The smallest absolute Gasteiger partial charge is 0.367 e. The quantitative estimate of drug-likeness (QED) is 0.601. The number of hydrogen-bond donors (Lipinski definition) is 1. The molecule has 34 heavy (non-hydrogen) atoms. The van der Waals surface area contributed by atoms with Crippen LogP contribution in [0.2, 0.25) is 0 Å². The van der Waals surface area contributed by atoms with Crippen molar-refractivity contribution in [2.75, 3.05) is 18.4 Å². The summed E-state index contributed by atoms with van der Waals surface area (Å²) >= 11 is 0. The Kier molecular flexibility index (Phi) is 6.71. The lowest BCUT2D eigenvalue weighted by atomic mass is 9.93. The zero-order valence-corrected chi connectivity index (χ0v) is 18.8. The van der Waals surface area contributed by atoms with Crippen molar-refractivity contribution in [1.29, 1.82) is 0 Å². The number of halogens is 3. The number of carbonyl (C=O) groups excluding carboxylic acids is 1. The van der Waals surface area contributed by atoms with Crippen LogP contribution in [-0.2, 0) is 6.18 Å². The van der Waals surface area contributed by atoms with Gasteiger partial charge >= 0.3 is 6.18 Å². The minimum atomic E-state index is -4.55. The predicted molar refractivity (Wildman–Crippen MR) is 119 cm³/mol. The lowest BCUT2D eigenvalue weighted by molar-refractivity contribution is -0.141. The first-order valence-corrected chi connectivity index (χ1v) is 10.9. The highest BCUT2D eigenvalue weighted by molar-refractivity contribution is 5.98. The van der Waals surface area contributed by atoms with Crippen LogP contribution < -0.4 is 5.32 Å². The van der Waals surface area contributed by atoms with Crippen LogP contribution in [0.25, 0.3) is 11.4 Å². The van der Waals surface area contributed by atoms with Crippen LogP contribution in [0.1, 0.15) is 41.6 Å². The Morgan fingerprint density at radius 1 is 1.12 bits per heavy atom. The Morgan fingerprint density at radius 3 is 2.56 bits per heavy atom. The summed E-state index contributed by atoms with van der Waals surface area (Å²) < 4.78 is 38.2. The summed E-state index contributed by atoms with van der Waals surface area (Å²) in [6.45, 7) is 4.75. The van der Waals surface area contributed by atoms with Gasteiger partial charge in [0.1, 0.15) is 11.5 Å². The summed E-state index contributed by atoms with van der Waals surface area (Å²) in [6, 6.07) is 7.22. The number of nitrogens with zero attached hydrogens (tertiary/aromatic N) is 6. The normalized spacial score (nSPS) is 18.6. The number of alkyl halides is 3. The number of rotatable bonds is 5. The largest absolute Gasteiger partial charge is 0.435 e. The summed E-state index contributed by atoms with van der Waals surface area (Å²) in [4.78, 5) is 28.5. The molecule has 1 fully saturated rings.